The lowest BCUT2D eigenvalue weighted by atomic mass is 9.75. The fourth-order valence-electron chi connectivity index (χ4n) is 11.2. The fourth-order valence-corrected chi connectivity index (χ4v) is 12.4. The van der Waals surface area contributed by atoms with E-state index in [1.165, 1.54) is 65.5 Å². The van der Waals surface area contributed by atoms with E-state index in [2.05, 4.69) is 181 Å². The standard InChI is InChI=1S/C58H39N3OS/c1-2-15-35(16-3-1)45-33-48-53(41-21-9-8-20-40(41)45)52-39-19-7-6-17-36(39)30-31-46(52)61(48)47-25-12-23-43-51-44(24-13-26-49(51)62-56(43)47)58-59-54(38-29-28-34-14-4-5-18-37(34)32-38)57-55(60-58)42-22-10-11-27-50(42)63-57/h1-9,11-12,14-21,23-25,27-33,48,53H,10,13,22,26H2. The van der Waals surface area contributed by atoms with Gasteiger partial charge in [0.15, 0.2) is 11.4 Å². The summed E-state index contributed by atoms with van der Waals surface area (Å²) < 4.78 is 8.37. The van der Waals surface area contributed by atoms with Crippen molar-refractivity contribution in [1.29, 1.82) is 0 Å². The molecule has 0 amide bonds. The Morgan fingerprint density at radius 2 is 1.44 bits per heavy atom. The third-order valence-corrected chi connectivity index (χ3v) is 15.1. The molecule has 0 saturated carbocycles. The molecule has 2 atom stereocenters. The minimum Gasteiger partial charge on any atom is -0.458 e. The number of benzene rings is 7. The molecule has 5 heteroatoms. The van der Waals surface area contributed by atoms with Crippen LogP contribution in [0.2, 0.25) is 0 Å². The van der Waals surface area contributed by atoms with Crippen LogP contribution in [0, 0.1) is 0 Å². The lowest BCUT2D eigenvalue weighted by Gasteiger charge is -2.34. The molecule has 0 radical (unpaired) electrons. The van der Waals surface area contributed by atoms with Crippen LogP contribution in [0.25, 0.3) is 71.2 Å². The summed E-state index contributed by atoms with van der Waals surface area (Å²) in [5.41, 5.74) is 16.5. The van der Waals surface area contributed by atoms with Crippen LogP contribution in [-0.4, -0.2) is 16.0 Å². The molecule has 63 heavy (non-hydrogen) atoms. The average Bonchev–Trinajstić information content (AvgIpc) is 4.03. The number of anilines is 2. The summed E-state index contributed by atoms with van der Waals surface area (Å²) in [6, 6.07) is 55.5. The molecule has 4 heterocycles. The molecule has 0 bridgehead atoms. The van der Waals surface area contributed by atoms with Crippen molar-refractivity contribution in [1.82, 2.24) is 9.97 Å². The van der Waals surface area contributed by atoms with E-state index >= 15 is 0 Å². The number of thiophene rings is 1. The maximum Gasteiger partial charge on any atom is 0.160 e. The monoisotopic (exact) mass is 825 g/mol. The summed E-state index contributed by atoms with van der Waals surface area (Å²) in [5, 5.41) is 6.11. The quantitative estimate of drug-likeness (QED) is 0.177. The second-order valence-corrected chi connectivity index (χ2v) is 18.4. The fraction of sp³-hybridized carbons (Fsp3) is 0.103. The smallest absolute Gasteiger partial charge is 0.160 e. The van der Waals surface area contributed by atoms with Crippen LogP contribution in [0.5, 0.6) is 0 Å². The second-order valence-electron chi connectivity index (χ2n) is 17.3. The van der Waals surface area contributed by atoms with Gasteiger partial charge in [0.05, 0.1) is 27.6 Å². The molecule has 7 aromatic carbocycles. The number of aromatic nitrogens is 2. The van der Waals surface area contributed by atoms with Crippen molar-refractivity contribution in [3.63, 3.8) is 0 Å². The van der Waals surface area contributed by atoms with Gasteiger partial charge in [-0.1, -0.05) is 152 Å². The van der Waals surface area contributed by atoms with Gasteiger partial charge in [0.25, 0.3) is 0 Å². The topological polar surface area (TPSA) is 42.2 Å². The number of fused-ring (bicyclic) bond motifs is 14. The van der Waals surface area contributed by atoms with Crippen LogP contribution in [0.3, 0.4) is 0 Å². The zero-order valence-electron chi connectivity index (χ0n) is 34.4. The Labute approximate surface area is 368 Å². The summed E-state index contributed by atoms with van der Waals surface area (Å²) in [6.07, 6.45) is 13.2. The van der Waals surface area contributed by atoms with Crippen LogP contribution >= 0.6 is 11.3 Å². The molecular weight excluding hydrogens is 787 g/mol. The number of rotatable bonds is 4. The Morgan fingerprint density at radius 1 is 0.635 bits per heavy atom. The summed E-state index contributed by atoms with van der Waals surface area (Å²) in [7, 11) is 0. The number of hydrogen-bond donors (Lipinski definition) is 0. The molecular formula is C58H39N3OS. The molecule has 0 N–H and O–H groups in total. The van der Waals surface area contributed by atoms with Crippen molar-refractivity contribution < 1.29 is 4.42 Å². The average molecular weight is 826 g/mol. The number of aryl methyl sites for hydroxylation is 2. The van der Waals surface area contributed by atoms with Gasteiger partial charge < -0.3 is 9.32 Å². The van der Waals surface area contributed by atoms with Crippen molar-refractivity contribution >= 4 is 82.7 Å². The molecule has 1 aliphatic heterocycles. The predicted octanol–water partition coefficient (Wildman–Crippen LogP) is 14.8. The maximum atomic E-state index is 7.21. The summed E-state index contributed by atoms with van der Waals surface area (Å²) in [6.45, 7) is 0. The largest absolute Gasteiger partial charge is 0.458 e. The molecule has 298 valence electrons. The van der Waals surface area contributed by atoms with E-state index in [0.717, 1.165) is 86.5 Å². The highest BCUT2D eigenvalue weighted by Crippen LogP contribution is 2.57. The zero-order valence-corrected chi connectivity index (χ0v) is 35.2. The molecule has 14 rings (SSSR count). The first-order valence-corrected chi connectivity index (χ1v) is 23.0. The predicted molar refractivity (Wildman–Crippen MR) is 261 cm³/mol. The molecule has 2 unspecified atom stereocenters. The van der Waals surface area contributed by atoms with Gasteiger partial charge in [-0.25, -0.2) is 9.97 Å². The molecule has 0 fully saturated rings. The molecule has 10 aromatic rings. The number of furan rings is 1. The highest BCUT2D eigenvalue weighted by Gasteiger charge is 2.45. The van der Waals surface area contributed by atoms with E-state index in [-0.39, 0.29) is 12.0 Å². The normalized spacial score (nSPS) is 17.4. The van der Waals surface area contributed by atoms with Crippen molar-refractivity contribution in [3.05, 3.63) is 220 Å². The highest BCUT2D eigenvalue weighted by molar-refractivity contribution is 7.20. The van der Waals surface area contributed by atoms with E-state index in [1.807, 2.05) is 11.3 Å². The summed E-state index contributed by atoms with van der Waals surface area (Å²) in [5.74, 6) is 1.91. The first kappa shape index (κ1) is 35.3. The summed E-state index contributed by atoms with van der Waals surface area (Å²) >= 11 is 1.83. The Balaban J connectivity index is 0.977. The van der Waals surface area contributed by atoms with Crippen molar-refractivity contribution in [2.24, 2.45) is 0 Å². The van der Waals surface area contributed by atoms with E-state index in [1.54, 1.807) is 0 Å². The van der Waals surface area contributed by atoms with Gasteiger partial charge >= 0.3 is 0 Å². The summed E-state index contributed by atoms with van der Waals surface area (Å²) in [4.78, 5) is 14.9. The minimum absolute atomic E-state index is 0.0210. The maximum absolute atomic E-state index is 7.21. The molecule has 3 aromatic heterocycles. The van der Waals surface area contributed by atoms with Crippen LogP contribution in [-0.2, 0) is 12.8 Å². The van der Waals surface area contributed by atoms with Gasteiger partial charge in [-0.2, -0.15) is 0 Å². The van der Waals surface area contributed by atoms with Crippen molar-refractivity contribution in [2.45, 2.75) is 37.6 Å². The van der Waals surface area contributed by atoms with Crippen LogP contribution in [0.15, 0.2) is 174 Å². The highest BCUT2D eigenvalue weighted by atomic mass is 32.1. The molecule has 3 aliphatic carbocycles. The van der Waals surface area contributed by atoms with Gasteiger partial charge in [0, 0.05) is 45.0 Å². The lowest BCUT2D eigenvalue weighted by Crippen LogP contribution is -2.31. The van der Waals surface area contributed by atoms with E-state index in [4.69, 9.17) is 14.4 Å². The number of allylic oxidation sites excluding steroid dienone is 2. The van der Waals surface area contributed by atoms with Gasteiger partial charge in [-0.05, 0) is 98.5 Å². The molecule has 0 spiro atoms. The first-order valence-electron chi connectivity index (χ1n) is 22.2. The minimum atomic E-state index is 0.0210. The van der Waals surface area contributed by atoms with E-state index in [9.17, 15) is 0 Å². The Kier molecular flexibility index (Phi) is 7.60. The van der Waals surface area contributed by atoms with Crippen molar-refractivity contribution in [2.75, 3.05) is 4.90 Å². The zero-order chi connectivity index (χ0) is 41.2. The van der Waals surface area contributed by atoms with Crippen molar-refractivity contribution in [3.8, 4) is 11.3 Å². The van der Waals surface area contributed by atoms with Gasteiger partial charge in [-0.15, -0.1) is 11.3 Å². The Morgan fingerprint density at radius 3 is 2.38 bits per heavy atom. The lowest BCUT2D eigenvalue weighted by molar-refractivity contribution is 0.544. The first-order chi connectivity index (χ1) is 31.2. The van der Waals surface area contributed by atoms with Crippen LogP contribution in [0.1, 0.15) is 68.6 Å². The number of nitrogens with zero attached hydrogens (tertiary/aromatic N) is 3. The van der Waals surface area contributed by atoms with Crippen LogP contribution in [0.4, 0.5) is 11.4 Å². The Hall–Kier alpha value is -7.34. The molecule has 4 aliphatic rings. The third kappa shape index (κ3) is 5.20. The number of para-hydroxylation sites is 1. The molecule has 0 saturated heterocycles. The molecule has 4 nitrogen and oxygen atoms in total. The SMILES string of the molecule is C1=Cc2sc3c(-c4ccc5ccccc5c4)nc(C4=CCCc5oc6c(N7c8ccc9ccccc9c8C8c9ccccc9C(c9ccccc9)=CC87)cccc6c54)nc3c2CC1. The number of hydrogen-bond acceptors (Lipinski definition) is 5. The van der Waals surface area contributed by atoms with Gasteiger partial charge in [-0.3, -0.25) is 0 Å². The van der Waals surface area contributed by atoms with E-state index < -0.39 is 0 Å². The van der Waals surface area contributed by atoms with Gasteiger partial charge in [0.1, 0.15) is 5.76 Å². The Bertz CT molecular complexity index is 3660. The van der Waals surface area contributed by atoms with Gasteiger partial charge in [0.2, 0.25) is 0 Å². The second kappa shape index (κ2) is 13.6. The van der Waals surface area contributed by atoms with Crippen LogP contribution < -0.4 is 4.90 Å². The third-order valence-electron chi connectivity index (χ3n) is 13.9. The van der Waals surface area contributed by atoms with E-state index in [0.29, 0.717) is 0 Å².